The second-order valence-electron chi connectivity index (χ2n) is 3.97. The molecule has 1 nitrogen and oxygen atoms in total. The second kappa shape index (κ2) is 2.99. The highest BCUT2D eigenvalue weighted by molar-refractivity contribution is 5.82. The first-order valence-electron chi connectivity index (χ1n) is 4.75. The average molecular weight is 174 g/mol. The lowest BCUT2D eigenvalue weighted by Crippen LogP contribution is -1.94. The van der Waals surface area contributed by atoms with Gasteiger partial charge in [0, 0.05) is 5.92 Å². The standard InChI is InChI=1S/C12H14O/c1-8-3-5-10(6-4-8)12-7-11(12)9(2)13/h3-6,11-12H,7H2,1-2H3/t11-,12?/m1/s1. The fraction of sp³-hybridized carbons (Fsp3) is 0.417. The number of hydrogen-bond acceptors (Lipinski definition) is 1. The molecule has 1 aromatic carbocycles. The van der Waals surface area contributed by atoms with Crippen LogP contribution in [0.4, 0.5) is 0 Å². The van der Waals surface area contributed by atoms with Crippen molar-refractivity contribution in [3.63, 3.8) is 0 Å². The van der Waals surface area contributed by atoms with Gasteiger partial charge in [0.2, 0.25) is 0 Å². The summed E-state index contributed by atoms with van der Waals surface area (Å²) in [5.41, 5.74) is 2.61. The van der Waals surface area contributed by atoms with E-state index in [4.69, 9.17) is 0 Å². The number of benzene rings is 1. The topological polar surface area (TPSA) is 17.1 Å². The maximum absolute atomic E-state index is 11.1. The summed E-state index contributed by atoms with van der Waals surface area (Å²) < 4.78 is 0. The molecule has 68 valence electrons. The predicted octanol–water partition coefficient (Wildman–Crippen LogP) is 2.69. The molecule has 1 aliphatic carbocycles. The Hall–Kier alpha value is -1.11. The van der Waals surface area contributed by atoms with E-state index in [1.165, 1.54) is 11.1 Å². The van der Waals surface area contributed by atoms with E-state index in [-0.39, 0.29) is 0 Å². The summed E-state index contributed by atoms with van der Waals surface area (Å²) in [6.45, 7) is 3.78. The van der Waals surface area contributed by atoms with Crippen molar-refractivity contribution in [3.8, 4) is 0 Å². The van der Waals surface area contributed by atoms with E-state index in [0.717, 1.165) is 6.42 Å². The number of ketones is 1. The minimum atomic E-state index is 0.308. The van der Waals surface area contributed by atoms with Gasteiger partial charge < -0.3 is 0 Å². The maximum Gasteiger partial charge on any atom is 0.133 e. The third kappa shape index (κ3) is 1.64. The van der Waals surface area contributed by atoms with Gasteiger partial charge in [0.25, 0.3) is 0 Å². The molecule has 1 fully saturated rings. The smallest absolute Gasteiger partial charge is 0.133 e. The van der Waals surface area contributed by atoms with Crippen LogP contribution in [0.3, 0.4) is 0 Å². The molecule has 2 rings (SSSR count). The second-order valence-corrected chi connectivity index (χ2v) is 3.97. The Balaban J connectivity index is 2.12. The lowest BCUT2D eigenvalue weighted by Gasteiger charge is -1.98. The van der Waals surface area contributed by atoms with Crippen LogP contribution in [0, 0.1) is 12.8 Å². The van der Waals surface area contributed by atoms with E-state index < -0.39 is 0 Å². The number of hydrogen-bond donors (Lipinski definition) is 0. The highest BCUT2D eigenvalue weighted by atomic mass is 16.1. The van der Waals surface area contributed by atoms with Gasteiger partial charge in [-0.2, -0.15) is 0 Å². The summed E-state index contributed by atoms with van der Waals surface area (Å²) in [5.74, 6) is 1.16. The Morgan fingerprint density at radius 2 is 1.92 bits per heavy atom. The van der Waals surface area contributed by atoms with Gasteiger partial charge in [-0.1, -0.05) is 29.8 Å². The van der Waals surface area contributed by atoms with Crippen LogP contribution in [0.1, 0.15) is 30.4 Å². The van der Waals surface area contributed by atoms with Crippen molar-refractivity contribution in [2.24, 2.45) is 5.92 Å². The third-order valence-electron chi connectivity index (χ3n) is 2.82. The van der Waals surface area contributed by atoms with Gasteiger partial charge in [-0.25, -0.2) is 0 Å². The van der Waals surface area contributed by atoms with Gasteiger partial charge in [0.05, 0.1) is 0 Å². The minimum absolute atomic E-state index is 0.308. The van der Waals surface area contributed by atoms with Crippen LogP contribution in [-0.2, 0) is 4.79 Å². The molecule has 1 saturated carbocycles. The van der Waals surface area contributed by atoms with Crippen molar-refractivity contribution < 1.29 is 4.79 Å². The van der Waals surface area contributed by atoms with E-state index >= 15 is 0 Å². The number of aryl methyl sites for hydroxylation is 1. The van der Waals surface area contributed by atoms with Crippen molar-refractivity contribution in [2.45, 2.75) is 26.2 Å². The van der Waals surface area contributed by atoms with Gasteiger partial charge in [0.15, 0.2) is 0 Å². The first-order valence-corrected chi connectivity index (χ1v) is 4.75. The highest BCUT2D eigenvalue weighted by Gasteiger charge is 2.41. The zero-order valence-corrected chi connectivity index (χ0v) is 8.08. The van der Waals surface area contributed by atoms with Crippen molar-refractivity contribution >= 4 is 5.78 Å². The first-order chi connectivity index (χ1) is 6.18. The van der Waals surface area contributed by atoms with Gasteiger partial charge in [0.1, 0.15) is 5.78 Å². The molecule has 0 aliphatic heterocycles. The van der Waals surface area contributed by atoms with E-state index in [2.05, 4.69) is 31.2 Å². The van der Waals surface area contributed by atoms with Gasteiger partial charge in [-0.15, -0.1) is 0 Å². The molecule has 1 unspecified atom stereocenters. The lowest BCUT2D eigenvalue weighted by atomic mass is 10.1. The molecule has 13 heavy (non-hydrogen) atoms. The summed E-state index contributed by atoms with van der Waals surface area (Å²) in [5, 5.41) is 0. The molecule has 0 spiro atoms. The van der Waals surface area contributed by atoms with E-state index in [0.29, 0.717) is 17.6 Å². The summed E-state index contributed by atoms with van der Waals surface area (Å²) in [4.78, 5) is 11.1. The van der Waals surface area contributed by atoms with Gasteiger partial charge in [-0.05, 0) is 31.7 Å². The summed E-state index contributed by atoms with van der Waals surface area (Å²) in [7, 11) is 0. The van der Waals surface area contributed by atoms with Crippen molar-refractivity contribution in [3.05, 3.63) is 35.4 Å². The van der Waals surface area contributed by atoms with Crippen LogP contribution in [-0.4, -0.2) is 5.78 Å². The van der Waals surface area contributed by atoms with Crippen LogP contribution < -0.4 is 0 Å². The number of carbonyl (C=O) groups excluding carboxylic acids is 1. The Kier molecular flexibility index (Phi) is 1.95. The van der Waals surface area contributed by atoms with Crippen LogP contribution in [0.2, 0.25) is 0 Å². The minimum Gasteiger partial charge on any atom is -0.300 e. The van der Waals surface area contributed by atoms with Crippen LogP contribution in [0.25, 0.3) is 0 Å². The predicted molar refractivity (Wildman–Crippen MR) is 52.7 cm³/mol. The molecular formula is C12H14O. The van der Waals surface area contributed by atoms with Crippen molar-refractivity contribution in [2.75, 3.05) is 0 Å². The van der Waals surface area contributed by atoms with Gasteiger partial charge in [-0.3, -0.25) is 4.79 Å². The molecule has 1 heteroatoms. The molecule has 0 heterocycles. The summed E-state index contributed by atoms with van der Waals surface area (Å²) in [6, 6.07) is 8.52. The molecule has 0 aromatic heterocycles. The maximum atomic E-state index is 11.1. The molecule has 0 amide bonds. The molecule has 2 atom stereocenters. The monoisotopic (exact) mass is 174 g/mol. The Labute approximate surface area is 78.8 Å². The number of rotatable bonds is 2. The SMILES string of the molecule is CC(=O)[C@H]1CC1c1ccc(C)cc1. The molecule has 1 aliphatic rings. The fourth-order valence-electron chi connectivity index (χ4n) is 1.83. The summed E-state index contributed by atoms with van der Waals surface area (Å²) in [6.07, 6.45) is 1.05. The highest BCUT2D eigenvalue weighted by Crippen LogP contribution is 2.47. The normalized spacial score (nSPS) is 25.7. The van der Waals surface area contributed by atoms with Crippen LogP contribution >= 0.6 is 0 Å². The zero-order valence-electron chi connectivity index (χ0n) is 8.08. The van der Waals surface area contributed by atoms with E-state index in [1.54, 1.807) is 6.92 Å². The number of carbonyl (C=O) groups is 1. The van der Waals surface area contributed by atoms with E-state index in [9.17, 15) is 4.79 Å². The van der Waals surface area contributed by atoms with Crippen LogP contribution in [0.15, 0.2) is 24.3 Å². The first kappa shape index (κ1) is 8.49. The largest absolute Gasteiger partial charge is 0.300 e. The Morgan fingerprint density at radius 3 is 2.38 bits per heavy atom. The Morgan fingerprint density at radius 1 is 1.31 bits per heavy atom. The van der Waals surface area contributed by atoms with Crippen molar-refractivity contribution in [1.82, 2.24) is 0 Å². The third-order valence-corrected chi connectivity index (χ3v) is 2.82. The fourth-order valence-corrected chi connectivity index (χ4v) is 1.83. The number of Topliss-reactive ketones (excluding diaryl/α,β-unsaturated/α-hetero) is 1. The van der Waals surface area contributed by atoms with E-state index in [1.807, 2.05) is 0 Å². The van der Waals surface area contributed by atoms with Crippen molar-refractivity contribution in [1.29, 1.82) is 0 Å². The summed E-state index contributed by atoms with van der Waals surface area (Å²) >= 11 is 0. The molecule has 0 bridgehead atoms. The molecule has 0 saturated heterocycles. The Bertz CT molecular complexity index is 323. The lowest BCUT2D eigenvalue weighted by molar-refractivity contribution is -0.118. The average Bonchev–Trinajstić information content (AvgIpc) is 2.85. The quantitative estimate of drug-likeness (QED) is 0.673. The molecular weight excluding hydrogens is 160 g/mol. The molecule has 1 aromatic rings. The van der Waals surface area contributed by atoms with Crippen LogP contribution in [0.5, 0.6) is 0 Å². The van der Waals surface area contributed by atoms with Gasteiger partial charge >= 0.3 is 0 Å². The zero-order chi connectivity index (χ0) is 9.42. The molecule has 0 radical (unpaired) electrons. The molecule has 0 N–H and O–H groups in total.